The number of aromatic nitrogens is 2. The maximum atomic E-state index is 13.2. The molecule has 1 aromatic heterocycles. The molecule has 29 heavy (non-hydrogen) atoms. The first kappa shape index (κ1) is 19.2. The molecule has 0 radical (unpaired) electrons. The zero-order chi connectivity index (χ0) is 20.4. The van der Waals surface area contributed by atoms with Gasteiger partial charge >= 0.3 is 6.18 Å². The SMILES string of the molecule is Fc1ccc(-c2nnc(CNc3cc(C(F)(F)F)ccc3N3CCCC3)o2)cc1. The highest BCUT2D eigenvalue weighted by Crippen LogP contribution is 2.36. The van der Waals surface area contributed by atoms with Crippen LogP contribution >= 0.6 is 0 Å². The zero-order valence-electron chi connectivity index (χ0n) is 15.3. The number of hydrogen-bond acceptors (Lipinski definition) is 5. The van der Waals surface area contributed by atoms with Crippen molar-refractivity contribution in [3.8, 4) is 11.5 Å². The molecule has 2 aromatic carbocycles. The van der Waals surface area contributed by atoms with E-state index >= 15 is 0 Å². The molecule has 152 valence electrons. The Morgan fingerprint density at radius 1 is 1.00 bits per heavy atom. The van der Waals surface area contributed by atoms with Crippen molar-refractivity contribution in [2.24, 2.45) is 0 Å². The highest BCUT2D eigenvalue weighted by molar-refractivity contribution is 5.71. The van der Waals surface area contributed by atoms with Gasteiger partial charge in [-0.3, -0.25) is 0 Å². The Morgan fingerprint density at radius 2 is 1.72 bits per heavy atom. The molecule has 4 rings (SSSR count). The fraction of sp³-hybridized carbons (Fsp3) is 0.300. The number of nitrogens with one attached hydrogen (secondary N) is 1. The molecule has 1 N–H and O–H groups in total. The van der Waals surface area contributed by atoms with Crippen molar-refractivity contribution in [2.75, 3.05) is 23.3 Å². The number of anilines is 2. The van der Waals surface area contributed by atoms with E-state index < -0.39 is 11.7 Å². The van der Waals surface area contributed by atoms with Gasteiger partial charge in [0.15, 0.2) is 0 Å². The minimum absolute atomic E-state index is 0.0658. The van der Waals surface area contributed by atoms with Crippen LogP contribution in [0, 0.1) is 5.82 Å². The lowest BCUT2D eigenvalue weighted by atomic mass is 10.1. The Balaban J connectivity index is 1.54. The average Bonchev–Trinajstić information content (AvgIpc) is 3.38. The molecule has 0 bridgehead atoms. The van der Waals surface area contributed by atoms with Crippen molar-refractivity contribution >= 4 is 11.4 Å². The summed E-state index contributed by atoms with van der Waals surface area (Å²) in [6, 6.07) is 9.28. The predicted octanol–water partition coefficient (Wildman–Crippen LogP) is 5.11. The largest absolute Gasteiger partial charge is 0.419 e. The molecular weight excluding hydrogens is 388 g/mol. The molecule has 0 unspecified atom stereocenters. The molecule has 5 nitrogen and oxygen atoms in total. The molecule has 0 spiro atoms. The standard InChI is InChI=1S/C20H18F4N4O/c21-15-6-3-13(4-7-15)19-27-26-18(29-19)12-25-16-11-14(20(22,23)24)5-8-17(16)28-9-1-2-10-28/h3-8,11,25H,1-2,9-10,12H2. The molecule has 1 aliphatic rings. The molecule has 0 amide bonds. The molecule has 0 saturated carbocycles. The van der Waals surface area contributed by atoms with Gasteiger partial charge in [-0.05, 0) is 55.3 Å². The summed E-state index contributed by atoms with van der Waals surface area (Å²) in [6.45, 7) is 1.67. The van der Waals surface area contributed by atoms with Crippen LogP contribution in [-0.2, 0) is 12.7 Å². The van der Waals surface area contributed by atoms with Crippen LogP contribution in [0.1, 0.15) is 24.3 Å². The van der Waals surface area contributed by atoms with Crippen molar-refractivity contribution in [3.05, 3.63) is 59.7 Å². The topological polar surface area (TPSA) is 54.2 Å². The summed E-state index contributed by atoms with van der Waals surface area (Å²) in [4.78, 5) is 2.06. The van der Waals surface area contributed by atoms with Gasteiger partial charge in [-0.2, -0.15) is 13.2 Å². The molecule has 9 heteroatoms. The van der Waals surface area contributed by atoms with E-state index in [9.17, 15) is 17.6 Å². The summed E-state index contributed by atoms with van der Waals surface area (Å²) in [5, 5.41) is 10.8. The number of alkyl halides is 3. The molecule has 0 aliphatic carbocycles. The van der Waals surface area contributed by atoms with Gasteiger partial charge in [-0.25, -0.2) is 4.39 Å². The van der Waals surface area contributed by atoms with Gasteiger partial charge < -0.3 is 14.6 Å². The molecule has 1 saturated heterocycles. The lowest BCUT2D eigenvalue weighted by Crippen LogP contribution is -2.20. The smallest absolute Gasteiger partial charge is 0.416 e. The monoisotopic (exact) mass is 406 g/mol. The van der Waals surface area contributed by atoms with Crippen molar-refractivity contribution < 1.29 is 22.0 Å². The molecule has 1 aliphatic heterocycles. The number of rotatable bonds is 5. The van der Waals surface area contributed by atoms with E-state index in [1.54, 1.807) is 0 Å². The van der Waals surface area contributed by atoms with E-state index in [0.29, 0.717) is 16.9 Å². The first-order valence-electron chi connectivity index (χ1n) is 9.18. The Labute approximate surface area is 164 Å². The molecule has 0 atom stereocenters. The summed E-state index contributed by atoms with van der Waals surface area (Å²) in [5.41, 5.74) is 0.916. The Bertz CT molecular complexity index is 979. The first-order valence-corrected chi connectivity index (χ1v) is 9.18. The zero-order valence-corrected chi connectivity index (χ0v) is 15.3. The van der Waals surface area contributed by atoms with Gasteiger partial charge in [-0.1, -0.05) is 0 Å². The summed E-state index contributed by atoms with van der Waals surface area (Å²) in [5.74, 6) is 0.0499. The number of benzene rings is 2. The summed E-state index contributed by atoms with van der Waals surface area (Å²) in [6.07, 6.45) is -2.42. The number of hydrogen-bond donors (Lipinski definition) is 1. The van der Waals surface area contributed by atoms with Crippen LogP contribution in [-0.4, -0.2) is 23.3 Å². The van der Waals surface area contributed by atoms with Crippen LogP contribution in [0.3, 0.4) is 0 Å². The van der Waals surface area contributed by atoms with Gasteiger partial charge in [0.25, 0.3) is 0 Å². The fourth-order valence-electron chi connectivity index (χ4n) is 3.29. The first-order chi connectivity index (χ1) is 13.9. The van der Waals surface area contributed by atoms with Gasteiger partial charge in [0.1, 0.15) is 5.82 Å². The summed E-state index contributed by atoms with van der Waals surface area (Å²) < 4.78 is 58.0. The van der Waals surface area contributed by atoms with E-state index in [2.05, 4.69) is 20.4 Å². The van der Waals surface area contributed by atoms with Crippen molar-refractivity contribution in [1.29, 1.82) is 0 Å². The van der Waals surface area contributed by atoms with Crippen LogP contribution in [0.2, 0.25) is 0 Å². The number of nitrogens with zero attached hydrogens (tertiary/aromatic N) is 3. The average molecular weight is 406 g/mol. The second kappa shape index (κ2) is 7.73. The van der Waals surface area contributed by atoms with Gasteiger partial charge in [0, 0.05) is 18.7 Å². The van der Waals surface area contributed by atoms with Gasteiger partial charge in [0.05, 0.1) is 23.5 Å². The van der Waals surface area contributed by atoms with E-state index in [0.717, 1.165) is 38.1 Å². The summed E-state index contributed by atoms with van der Waals surface area (Å²) in [7, 11) is 0. The highest BCUT2D eigenvalue weighted by atomic mass is 19.4. The molecule has 2 heterocycles. The highest BCUT2D eigenvalue weighted by Gasteiger charge is 2.31. The van der Waals surface area contributed by atoms with E-state index in [1.807, 2.05) is 0 Å². The lowest BCUT2D eigenvalue weighted by molar-refractivity contribution is -0.137. The van der Waals surface area contributed by atoms with Crippen LogP contribution < -0.4 is 10.2 Å². The maximum Gasteiger partial charge on any atom is 0.416 e. The third kappa shape index (κ3) is 4.33. The minimum atomic E-state index is -4.43. The lowest BCUT2D eigenvalue weighted by Gasteiger charge is -2.23. The second-order valence-corrected chi connectivity index (χ2v) is 6.79. The maximum absolute atomic E-state index is 13.2. The fourth-order valence-corrected chi connectivity index (χ4v) is 3.29. The number of halogens is 4. The Hall–Kier alpha value is -3.10. The quantitative estimate of drug-likeness (QED) is 0.597. The molecule has 1 fully saturated rings. The Kier molecular flexibility index (Phi) is 5.12. The van der Waals surface area contributed by atoms with Gasteiger partial charge in [-0.15, -0.1) is 10.2 Å². The van der Waals surface area contributed by atoms with Crippen LogP contribution in [0.4, 0.5) is 28.9 Å². The third-order valence-electron chi connectivity index (χ3n) is 4.76. The predicted molar refractivity (Wildman–Crippen MR) is 99.9 cm³/mol. The van der Waals surface area contributed by atoms with Crippen molar-refractivity contribution in [2.45, 2.75) is 25.6 Å². The van der Waals surface area contributed by atoms with E-state index in [-0.39, 0.29) is 24.1 Å². The van der Waals surface area contributed by atoms with Crippen LogP contribution in [0.25, 0.3) is 11.5 Å². The van der Waals surface area contributed by atoms with Crippen molar-refractivity contribution in [1.82, 2.24) is 10.2 Å². The Morgan fingerprint density at radius 3 is 2.41 bits per heavy atom. The minimum Gasteiger partial charge on any atom is -0.419 e. The van der Waals surface area contributed by atoms with Crippen LogP contribution in [0.15, 0.2) is 46.9 Å². The van der Waals surface area contributed by atoms with E-state index in [4.69, 9.17) is 4.42 Å². The van der Waals surface area contributed by atoms with Crippen molar-refractivity contribution in [3.63, 3.8) is 0 Å². The van der Waals surface area contributed by atoms with Crippen LogP contribution in [0.5, 0.6) is 0 Å². The van der Waals surface area contributed by atoms with E-state index in [1.165, 1.54) is 30.3 Å². The third-order valence-corrected chi connectivity index (χ3v) is 4.76. The second-order valence-electron chi connectivity index (χ2n) is 6.79. The summed E-state index contributed by atoms with van der Waals surface area (Å²) >= 11 is 0. The van der Waals surface area contributed by atoms with Gasteiger partial charge in [0.2, 0.25) is 11.8 Å². The normalized spacial score (nSPS) is 14.4. The molecule has 3 aromatic rings. The molecular formula is C20H18F4N4O.